The van der Waals surface area contributed by atoms with Crippen LogP contribution in [0.3, 0.4) is 0 Å². The molecule has 1 aromatic heterocycles. The first-order valence-electron chi connectivity index (χ1n) is 5.02. The molecule has 0 radical (unpaired) electrons. The van der Waals surface area contributed by atoms with Gasteiger partial charge in [0, 0.05) is 0 Å². The van der Waals surface area contributed by atoms with Crippen molar-refractivity contribution < 1.29 is 0 Å². The first-order chi connectivity index (χ1) is 6.97. The summed E-state index contributed by atoms with van der Waals surface area (Å²) in [7, 11) is 0. The van der Waals surface area contributed by atoms with E-state index in [0.29, 0.717) is 5.15 Å². The molecule has 0 aliphatic rings. The molecule has 0 fully saturated rings. The fraction of sp³-hybridized carbons (Fsp3) is 0.250. The number of aromatic nitrogens is 1. The molecule has 3 heteroatoms. The van der Waals surface area contributed by atoms with Gasteiger partial charge in [-0.3, -0.25) is 0 Å². The molecule has 0 N–H and O–H groups in total. The van der Waals surface area contributed by atoms with Gasteiger partial charge in [0.05, 0.1) is 0 Å². The SMILES string of the molecule is [CH3][Sn]([CH3])([CH3])[c]1ccc2cnc(Cl)cc2c1. The molecule has 78 valence electrons. The van der Waals surface area contributed by atoms with Gasteiger partial charge in [-0.05, 0) is 0 Å². The average molecular weight is 326 g/mol. The van der Waals surface area contributed by atoms with Crippen molar-refractivity contribution in [1.82, 2.24) is 4.98 Å². The van der Waals surface area contributed by atoms with E-state index in [1.807, 2.05) is 12.3 Å². The topological polar surface area (TPSA) is 12.9 Å². The third-order valence-corrected chi connectivity index (χ3v) is 8.59. The summed E-state index contributed by atoms with van der Waals surface area (Å²) in [4.78, 5) is 11.3. The van der Waals surface area contributed by atoms with Gasteiger partial charge in [-0.15, -0.1) is 0 Å². The molecule has 0 amide bonds. The zero-order valence-electron chi connectivity index (χ0n) is 9.21. The van der Waals surface area contributed by atoms with Gasteiger partial charge >= 0.3 is 99.7 Å². The second-order valence-electron chi connectivity index (χ2n) is 4.82. The first kappa shape index (κ1) is 11.2. The molecule has 2 aromatic rings. The molecule has 0 aliphatic heterocycles. The summed E-state index contributed by atoms with van der Waals surface area (Å²) in [6.45, 7) is 0. The van der Waals surface area contributed by atoms with Crippen LogP contribution in [0.5, 0.6) is 0 Å². The molecule has 0 saturated heterocycles. The van der Waals surface area contributed by atoms with Crippen molar-refractivity contribution >= 4 is 44.3 Å². The maximum atomic E-state index is 5.89. The number of fused-ring (bicyclic) bond motifs is 1. The summed E-state index contributed by atoms with van der Waals surface area (Å²) < 4.78 is 1.53. The number of nitrogens with zero attached hydrogens (tertiary/aromatic N) is 1. The Balaban J connectivity index is 2.64. The Morgan fingerprint density at radius 1 is 1.07 bits per heavy atom. The second kappa shape index (κ2) is 3.94. The van der Waals surface area contributed by atoms with E-state index < -0.39 is 18.4 Å². The quantitative estimate of drug-likeness (QED) is 0.578. The van der Waals surface area contributed by atoms with Crippen LogP contribution in [0.15, 0.2) is 30.5 Å². The summed E-state index contributed by atoms with van der Waals surface area (Å²) in [5.74, 6) is 0. The summed E-state index contributed by atoms with van der Waals surface area (Å²) in [5, 5.41) is 2.95. The van der Waals surface area contributed by atoms with Crippen LogP contribution in [0, 0.1) is 0 Å². The molecular formula is C12H14ClNSn. The molecule has 1 heterocycles. The summed E-state index contributed by atoms with van der Waals surface area (Å²) >= 11 is 3.94. The van der Waals surface area contributed by atoms with Crippen molar-refractivity contribution in [2.24, 2.45) is 0 Å². The van der Waals surface area contributed by atoms with Crippen LogP contribution in [0.1, 0.15) is 0 Å². The molecular weight excluding hydrogens is 312 g/mol. The summed E-state index contributed by atoms with van der Waals surface area (Å²) in [5.41, 5.74) is 0. The fourth-order valence-corrected chi connectivity index (χ4v) is 5.09. The van der Waals surface area contributed by atoms with Crippen LogP contribution in [-0.2, 0) is 0 Å². The van der Waals surface area contributed by atoms with E-state index in [9.17, 15) is 0 Å². The van der Waals surface area contributed by atoms with E-state index in [4.69, 9.17) is 11.6 Å². The zero-order chi connectivity index (χ0) is 11.1. The number of halogens is 1. The zero-order valence-corrected chi connectivity index (χ0v) is 12.8. The number of pyridine rings is 1. The standard InChI is InChI=1S/C9H5ClN.3CH3.Sn/c10-9-5-7-3-1-2-4-8(7)6-11-9;;;;/h2-6H;3*1H3;. The van der Waals surface area contributed by atoms with E-state index in [0.717, 1.165) is 0 Å². The molecule has 0 bridgehead atoms. The van der Waals surface area contributed by atoms with Crippen LogP contribution in [0.4, 0.5) is 0 Å². The van der Waals surface area contributed by atoms with E-state index in [2.05, 4.69) is 38.0 Å². The number of rotatable bonds is 1. The van der Waals surface area contributed by atoms with Crippen molar-refractivity contribution in [3.8, 4) is 0 Å². The Labute approximate surface area is 99.3 Å². The van der Waals surface area contributed by atoms with Gasteiger partial charge in [0.25, 0.3) is 0 Å². The number of benzene rings is 1. The molecule has 0 saturated carbocycles. The van der Waals surface area contributed by atoms with Crippen molar-refractivity contribution in [3.63, 3.8) is 0 Å². The van der Waals surface area contributed by atoms with E-state index in [1.165, 1.54) is 14.4 Å². The summed E-state index contributed by atoms with van der Waals surface area (Å²) in [6, 6.07) is 8.61. The van der Waals surface area contributed by atoms with Gasteiger partial charge in [0.2, 0.25) is 0 Å². The van der Waals surface area contributed by atoms with Gasteiger partial charge in [0.15, 0.2) is 0 Å². The molecule has 0 spiro atoms. The molecule has 0 aliphatic carbocycles. The third kappa shape index (κ3) is 2.45. The number of hydrogen-bond donors (Lipinski definition) is 0. The second-order valence-corrected chi connectivity index (χ2v) is 19.7. The number of hydrogen-bond acceptors (Lipinski definition) is 1. The van der Waals surface area contributed by atoms with E-state index in [-0.39, 0.29) is 0 Å². The van der Waals surface area contributed by atoms with Crippen LogP contribution in [0.2, 0.25) is 20.0 Å². The van der Waals surface area contributed by atoms with Crippen molar-refractivity contribution in [2.75, 3.05) is 0 Å². The van der Waals surface area contributed by atoms with Gasteiger partial charge in [-0.25, -0.2) is 0 Å². The van der Waals surface area contributed by atoms with Crippen LogP contribution >= 0.6 is 11.6 Å². The third-order valence-electron chi connectivity index (χ3n) is 2.55. The van der Waals surface area contributed by atoms with Crippen LogP contribution in [-0.4, -0.2) is 23.4 Å². The van der Waals surface area contributed by atoms with Crippen molar-refractivity contribution in [3.05, 3.63) is 35.6 Å². The predicted molar refractivity (Wildman–Crippen MR) is 69.7 cm³/mol. The van der Waals surface area contributed by atoms with Crippen LogP contribution < -0.4 is 3.58 Å². The molecule has 1 aromatic carbocycles. The normalized spacial score (nSPS) is 12.0. The predicted octanol–water partition coefficient (Wildman–Crippen LogP) is 3.43. The van der Waals surface area contributed by atoms with E-state index >= 15 is 0 Å². The first-order valence-corrected chi connectivity index (χ1v) is 15.4. The molecule has 2 rings (SSSR count). The Morgan fingerprint density at radius 3 is 2.47 bits per heavy atom. The molecule has 0 unspecified atom stereocenters. The Morgan fingerprint density at radius 2 is 1.80 bits per heavy atom. The van der Waals surface area contributed by atoms with Gasteiger partial charge in [-0.1, -0.05) is 0 Å². The Kier molecular flexibility index (Phi) is 2.95. The van der Waals surface area contributed by atoms with Crippen LogP contribution in [0.25, 0.3) is 10.8 Å². The van der Waals surface area contributed by atoms with Crippen molar-refractivity contribution in [2.45, 2.75) is 14.8 Å². The Hall–Kier alpha value is -0.281. The van der Waals surface area contributed by atoms with Gasteiger partial charge < -0.3 is 0 Å². The van der Waals surface area contributed by atoms with E-state index in [1.54, 1.807) is 0 Å². The minimum atomic E-state index is -1.95. The maximum absolute atomic E-state index is 5.89. The fourth-order valence-electron chi connectivity index (χ4n) is 1.58. The molecule has 1 nitrogen and oxygen atoms in total. The van der Waals surface area contributed by atoms with Gasteiger partial charge in [-0.2, -0.15) is 0 Å². The Bertz CT molecular complexity index is 502. The molecule has 15 heavy (non-hydrogen) atoms. The summed E-state index contributed by atoms with van der Waals surface area (Å²) in [6.07, 6.45) is 1.83. The molecule has 0 atom stereocenters. The average Bonchev–Trinajstić information content (AvgIpc) is 2.15. The minimum absolute atomic E-state index is 0.573. The van der Waals surface area contributed by atoms with Gasteiger partial charge in [0.1, 0.15) is 0 Å². The van der Waals surface area contributed by atoms with Crippen molar-refractivity contribution in [1.29, 1.82) is 0 Å². The monoisotopic (exact) mass is 327 g/mol.